The summed E-state index contributed by atoms with van der Waals surface area (Å²) in [6.45, 7) is 1.53. The summed E-state index contributed by atoms with van der Waals surface area (Å²) in [5.41, 5.74) is -3.95. The van der Waals surface area contributed by atoms with E-state index >= 15 is 0 Å². The normalized spacial score (nSPS) is 20.6. The lowest BCUT2D eigenvalue weighted by molar-refractivity contribution is -0.248. The zero-order valence-electron chi connectivity index (χ0n) is 20.3. The molecule has 1 amide bonds. The largest absolute Gasteiger partial charge is 0.458 e. The van der Waals surface area contributed by atoms with Gasteiger partial charge in [0.15, 0.2) is 17.4 Å². The maximum absolute atomic E-state index is 13.7. The van der Waals surface area contributed by atoms with Gasteiger partial charge in [0.05, 0.1) is 6.42 Å². The number of aromatic amines is 1. The van der Waals surface area contributed by atoms with E-state index in [1.165, 1.54) is 0 Å². The Morgan fingerprint density at radius 3 is 2.28 bits per heavy atom. The van der Waals surface area contributed by atoms with E-state index in [4.69, 9.17) is 9.47 Å². The number of hydrogen-bond acceptors (Lipinski definition) is 9. The second-order valence-corrected chi connectivity index (χ2v) is 8.46. The summed E-state index contributed by atoms with van der Waals surface area (Å²) in [5, 5.41) is 2.11. The number of nitrogens with zero attached hydrogens (tertiary/aromatic N) is 3. The van der Waals surface area contributed by atoms with Gasteiger partial charge >= 0.3 is 30.0 Å². The Morgan fingerprint density at radius 1 is 1.13 bits per heavy atom. The van der Waals surface area contributed by atoms with Crippen LogP contribution in [0.4, 0.5) is 32.3 Å². The minimum absolute atomic E-state index is 0.376. The molecule has 1 aliphatic rings. The highest BCUT2D eigenvalue weighted by molar-refractivity contribution is 5.87. The van der Waals surface area contributed by atoms with Crippen molar-refractivity contribution in [2.75, 3.05) is 5.32 Å². The predicted molar refractivity (Wildman–Crippen MR) is 115 cm³/mol. The minimum atomic E-state index is -5.17. The van der Waals surface area contributed by atoms with Crippen LogP contribution in [0.15, 0.2) is 9.59 Å². The molecule has 2 N–H and O–H groups in total. The molecule has 19 heteroatoms. The van der Waals surface area contributed by atoms with E-state index in [1.807, 2.05) is 0 Å². The minimum Gasteiger partial charge on any atom is -0.458 e. The molecule has 0 radical (unpaired) electrons. The first-order valence-electron chi connectivity index (χ1n) is 11.0. The zero-order chi connectivity index (χ0) is 29.4. The number of fused-ring (bicyclic) bond motifs is 1. The van der Waals surface area contributed by atoms with Crippen LogP contribution in [0.2, 0.25) is 0 Å². The van der Waals surface area contributed by atoms with Crippen molar-refractivity contribution >= 4 is 35.0 Å². The average molecular weight is 573 g/mol. The molecular formula is C20H21F6N5O8. The highest BCUT2D eigenvalue weighted by Gasteiger charge is 2.54. The first kappa shape index (κ1) is 29.7. The van der Waals surface area contributed by atoms with Gasteiger partial charge in [-0.25, -0.2) is 9.36 Å². The predicted octanol–water partition coefficient (Wildman–Crippen LogP) is 1.51. The van der Waals surface area contributed by atoms with Gasteiger partial charge in [0.25, 0.3) is 5.56 Å². The van der Waals surface area contributed by atoms with Gasteiger partial charge in [0.1, 0.15) is 12.2 Å². The van der Waals surface area contributed by atoms with Crippen LogP contribution in [0, 0.1) is 0 Å². The second kappa shape index (κ2) is 10.7. The van der Waals surface area contributed by atoms with Gasteiger partial charge in [-0.2, -0.15) is 31.3 Å². The second-order valence-electron chi connectivity index (χ2n) is 8.46. The van der Waals surface area contributed by atoms with Crippen molar-refractivity contribution < 1.29 is 54.9 Å². The fraction of sp³-hybridized carbons (Fsp3) is 0.600. The molecular weight excluding hydrogens is 552 g/mol. The van der Waals surface area contributed by atoms with E-state index in [9.17, 15) is 50.3 Å². The lowest BCUT2D eigenvalue weighted by Crippen LogP contribution is -2.43. The Bertz CT molecular complexity index is 1390. The van der Waals surface area contributed by atoms with E-state index in [1.54, 1.807) is 0 Å². The molecule has 4 atom stereocenters. The summed E-state index contributed by atoms with van der Waals surface area (Å²) in [6.07, 6.45) is -20.8. The van der Waals surface area contributed by atoms with Gasteiger partial charge < -0.3 is 14.2 Å². The Labute approximate surface area is 213 Å². The first-order valence-corrected chi connectivity index (χ1v) is 11.0. The number of nitrogens with one attached hydrogen (secondary N) is 2. The topological polar surface area (TPSA) is 164 Å². The number of ether oxygens (including phenoxy) is 3. The van der Waals surface area contributed by atoms with E-state index in [0.717, 1.165) is 13.8 Å². The molecule has 1 aliphatic heterocycles. The summed E-state index contributed by atoms with van der Waals surface area (Å²) in [7, 11) is 0. The number of rotatable bonds is 7. The van der Waals surface area contributed by atoms with Crippen molar-refractivity contribution in [2.24, 2.45) is 0 Å². The van der Waals surface area contributed by atoms with Crippen molar-refractivity contribution in [3.05, 3.63) is 20.8 Å². The Morgan fingerprint density at radius 2 is 1.77 bits per heavy atom. The van der Waals surface area contributed by atoms with Crippen LogP contribution in [0.25, 0.3) is 11.2 Å². The third kappa shape index (κ3) is 6.76. The smallest absolute Gasteiger partial charge is 0.428 e. The van der Waals surface area contributed by atoms with Gasteiger partial charge in [-0.3, -0.25) is 34.0 Å². The summed E-state index contributed by atoms with van der Waals surface area (Å²) in [5.74, 6) is -3.65. The number of anilines is 1. The fourth-order valence-electron chi connectivity index (χ4n) is 4.03. The molecule has 0 spiro atoms. The molecule has 13 nitrogen and oxygen atoms in total. The molecule has 2 aromatic heterocycles. The molecule has 0 aromatic carbocycles. The number of aryl methyl sites for hydroxylation is 1. The summed E-state index contributed by atoms with van der Waals surface area (Å²) >= 11 is 0. The monoisotopic (exact) mass is 573 g/mol. The standard InChI is InChI=1S/C20H21F6N5O8/c1-7(32)27-17-28-14-12(15(35)29-17)30(5-4-19(21,22)23)18(36)31(14)16-11(37-8(2)33)6-10(39-16)13(20(24,25)26)38-9(3)34/h10-11,13,16H,4-6H2,1-3H3,(H2,27,28,29,32,35)/t10-,11+,13+,16+/m0/s1. The number of carbonyl (C=O) groups is 3. The molecule has 2 aromatic rings. The van der Waals surface area contributed by atoms with Crippen LogP contribution in [0.5, 0.6) is 0 Å². The highest BCUT2D eigenvalue weighted by Crippen LogP contribution is 2.39. The lowest BCUT2D eigenvalue weighted by Gasteiger charge is -2.25. The summed E-state index contributed by atoms with van der Waals surface area (Å²) in [6, 6.07) is 0. The van der Waals surface area contributed by atoms with E-state index < -0.39 is 102 Å². The van der Waals surface area contributed by atoms with Crippen molar-refractivity contribution in [2.45, 2.75) is 77.1 Å². The zero-order valence-corrected chi connectivity index (χ0v) is 20.3. The number of alkyl halides is 6. The third-order valence-corrected chi connectivity index (χ3v) is 5.35. The maximum Gasteiger partial charge on any atom is 0.428 e. The quantitative estimate of drug-likeness (QED) is 0.369. The molecule has 1 saturated heterocycles. The molecule has 0 aliphatic carbocycles. The van der Waals surface area contributed by atoms with Crippen LogP contribution in [0.3, 0.4) is 0 Å². The molecule has 39 heavy (non-hydrogen) atoms. The SMILES string of the molecule is CC(=O)Nc1nc2c(c(=O)[nH]1)n(CCC(F)(F)F)c(=O)n2[C@@H]1O[C@H]([C@@H](OC(C)=O)C(F)(F)F)C[C@H]1OC(C)=O. The molecule has 3 heterocycles. The van der Waals surface area contributed by atoms with Crippen LogP contribution in [-0.2, 0) is 35.1 Å². The van der Waals surface area contributed by atoms with Crippen LogP contribution >= 0.6 is 0 Å². The van der Waals surface area contributed by atoms with Gasteiger partial charge in [-0.1, -0.05) is 0 Å². The van der Waals surface area contributed by atoms with Crippen molar-refractivity contribution in [3.8, 4) is 0 Å². The maximum atomic E-state index is 13.7. The fourth-order valence-corrected chi connectivity index (χ4v) is 4.03. The average Bonchev–Trinajstić information content (AvgIpc) is 3.25. The number of aromatic nitrogens is 4. The number of imidazole rings is 1. The van der Waals surface area contributed by atoms with Crippen LogP contribution in [-0.4, -0.2) is 67.6 Å². The number of H-pyrrole nitrogens is 1. The van der Waals surface area contributed by atoms with Gasteiger partial charge in [0.2, 0.25) is 18.0 Å². The Hall–Kier alpha value is -3.90. The van der Waals surface area contributed by atoms with Gasteiger partial charge in [-0.05, 0) is 0 Å². The molecule has 216 valence electrons. The summed E-state index contributed by atoms with van der Waals surface area (Å²) in [4.78, 5) is 66.5. The van der Waals surface area contributed by atoms with Crippen molar-refractivity contribution in [3.63, 3.8) is 0 Å². The molecule has 0 bridgehead atoms. The molecule has 1 fully saturated rings. The number of esters is 2. The van der Waals surface area contributed by atoms with Crippen LogP contribution in [0.1, 0.15) is 39.8 Å². The highest BCUT2D eigenvalue weighted by atomic mass is 19.4. The Kier molecular flexibility index (Phi) is 8.13. The summed E-state index contributed by atoms with van der Waals surface area (Å²) < 4.78 is 95.5. The van der Waals surface area contributed by atoms with Crippen molar-refractivity contribution in [1.82, 2.24) is 19.1 Å². The van der Waals surface area contributed by atoms with Gasteiger partial charge in [0, 0.05) is 33.7 Å². The first-order chi connectivity index (χ1) is 17.9. The lowest BCUT2D eigenvalue weighted by atomic mass is 10.1. The van der Waals surface area contributed by atoms with Crippen molar-refractivity contribution in [1.29, 1.82) is 0 Å². The van der Waals surface area contributed by atoms with Crippen LogP contribution < -0.4 is 16.6 Å². The van der Waals surface area contributed by atoms with E-state index in [2.05, 4.69) is 20.0 Å². The molecule has 0 unspecified atom stereocenters. The third-order valence-electron chi connectivity index (χ3n) is 5.35. The number of carbonyl (C=O) groups excluding carboxylic acids is 3. The van der Waals surface area contributed by atoms with E-state index in [-0.39, 0.29) is 0 Å². The number of halogens is 6. The molecule has 3 rings (SSSR count). The number of amides is 1. The van der Waals surface area contributed by atoms with Gasteiger partial charge in [-0.15, -0.1) is 0 Å². The Balaban J connectivity index is 2.24. The van der Waals surface area contributed by atoms with E-state index in [0.29, 0.717) is 16.1 Å². The number of hydrogen-bond donors (Lipinski definition) is 2. The molecule has 0 saturated carbocycles.